The van der Waals surface area contributed by atoms with Gasteiger partial charge < -0.3 is 10.2 Å². The maximum atomic E-state index is 12.8. The van der Waals surface area contributed by atoms with E-state index in [-0.39, 0.29) is 17.2 Å². The van der Waals surface area contributed by atoms with Gasteiger partial charge in [-0.2, -0.15) is 0 Å². The molecule has 0 atom stereocenters. The summed E-state index contributed by atoms with van der Waals surface area (Å²) in [5, 5.41) is 3.69. The SMILES string of the molecule is CC(=O)N1CCC2(CC1)Cc1ccccc1/C(=C/C(=O)c1ccccc1)N2. The smallest absolute Gasteiger partial charge is 0.219 e. The number of likely N-dealkylation sites (tertiary alicyclic amines) is 1. The highest BCUT2D eigenvalue weighted by molar-refractivity contribution is 6.08. The molecule has 2 aliphatic rings. The first-order valence-electron chi connectivity index (χ1n) is 9.49. The Morgan fingerprint density at radius 3 is 2.37 bits per heavy atom. The lowest BCUT2D eigenvalue weighted by Crippen LogP contribution is -2.56. The molecule has 2 aromatic carbocycles. The second kappa shape index (κ2) is 7.03. The zero-order chi connectivity index (χ0) is 18.9. The number of ketones is 1. The molecule has 0 bridgehead atoms. The maximum Gasteiger partial charge on any atom is 0.219 e. The third kappa shape index (κ3) is 3.52. The quantitative estimate of drug-likeness (QED) is 0.659. The van der Waals surface area contributed by atoms with Crippen LogP contribution in [0.3, 0.4) is 0 Å². The molecule has 2 aliphatic heterocycles. The van der Waals surface area contributed by atoms with Crippen molar-refractivity contribution in [3.8, 4) is 0 Å². The minimum atomic E-state index is -0.0941. The number of benzene rings is 2. The number of piperidine rings is 1. The number of amides is 1. The summed E-state index contributed by atoms with van der Waals surface area (Å²) in [5.74, 6) is 0.141. The summed E-state index contributed by atoms with van der Waals surface area (Å²) in [5.41, 5.74) is 3.85. The summed E-state index contributed by atoms with van der Waals surface area (Å²) in [6, 6.07) is 17.7. The number of fused-ring (bicyclic) bond motifs is 1. The topological polar surface area (TPSA) is 49.4 Å². The third-order valence-corrected chi connectivity index (χ3v) is 5.74. The number of nitrogens with one attached hydrogen (secondary N) is 1. The molecule has 1 saturated heterocycles. The van der Waals surface area contributed by atoms with Gasteiger partial charge in [0, 0.05) is 48.5 Å². The van der Waals surface area contributed by atoms with Crippen molar-refractivity contribution in [3.05, 3.63) is 77.4 Å². The average molecular weight is 360 g/mol. The molecule has 0 aromatic heterocycles. The van der Waals surface area contributed by atoms with E-state index in [4.69, 9.17) is 0 Å². The molecular weight excluding hydrogens is 336 g/mol. The predicted molar refractivity (Wildman–Crippen MR) is 106 cm³/mol. The van der Waals surface area contributed by atoms with Gasteiger partial charge in [0.05, 0.1) is 0 Å². The summed E-state index contributed by atoms with van der Waals surface area (Å²) < 4.78 is 0. The molecule has 4 heteroatoms. The van der Waals surface area contributed by atoms with Crippen molar-refractivity contribution in [3.63, 3.8) is 0 Å². The van der Waals surface area contributed by atoms with Crippen LogP contribution in [0.4, 0.5) is 0 Å². The van der Waals surface area contributed by atoms with E-state index in [2.05, 4.69) is 23.5 Å². The van der Waals surface area contributed by atoms with E-state index in [9.17, 15) is 9.59 Å². The standard InChI is InChI=1S/C23H24N2O2/c1-17(26)25-13-11-23(12-14-25)16-19-9-5-6-10-20(19)21(24-23)15-22(27)18-7-3-2-4-8-18/h2-10,15,24H,11-14,16H2,1H3/b21-15-. The summed E-state index contributed by atoms with van der Waals surface area (Å²) >= 11 is 0. The van der Waals surface area contributed by atoms with E-state index in [1.54, 1.807) is 13.0 Å². The number of nitrogens with zero attached hydrogens (tertiary/aromatic N) is 1. The molecule has 27 heavy (non-hydrogen) atoms. The Labute approximate surface area is 159 Å². The van der Waals surface area contributed by atoms with E-state index >= 15 is 0 Å². The van der Waals surface area contributed by atoms with Gasteiger partial charge in [0.2, 0.25) is 5.91 Å². The fourth-order valence-corrected chi connectivity index (χ4v) is 4.18. The van der Waals surface area contributed by atoms with Crippen molar-refractivity contribution in [2.75, 3.05) is 13.1 Å². The zero-order valence-electron chi connectivity index (χ0n) is 15.6. The van der Waals surface area contributed by atoms with Crippen LogP contribution in [0.5, 0.6) is 0 Å². The number of hydrogen-bond donors (Lipinski definition) is 1. The number of rotatable bonds is 2. The van der Waals surface area contributed by atoms with E-state index in [0.717, 1.165) is 43.6 Å². The molecule has 4 nitrogen and oxygen atoms in total. The van der Waals surface area contributed by atoms with Crippen LogP contribution in [0.1, 0.15) is 41.3 Å². The van der Waals surface area contributed by atoms with Crippen molar-refractivity contribution >= 4 is 17.4 Å². The molecule has 2 aromatic rings. The minimum absolute atomic E-state index is 0.00567. The van der Waals surface area contributed by atoms with Gasteiger partial charge in [-0.05, 0) is 24.8 Å². The molecule has 138 valence electrons. The van der Waals surface area contributed by atoms with Crippen molar-refractivity contribution in [2.24, 2.45) is 0 Å². The van der Waals surface area contributed by atoms with Gasteiger partial charge in [0.25, 0.3) is 0 Å². The minimum Gasteiger partial charge on any atom is -0.379 e. The number of carbonyl (C=O) groups is 2. The van der Waals surface area contributed by atoms with Gasteiger partial charge in [-0.25, -0.2) is 0 Å². The van der Waals surface area contributed by atoms with E-state index in [1.807, 2.05) is 41.3 Å². The first-order valence-corrected chi connectivity index (χ1v) is 9.49. The molecule has 1 N–H and O–H groups in total. The Balaban J connectivity index is 1.66. The van der Waals surface area contributed by atoms with Crippen molar-refractivity contribution < 1.29 is 9.59 Å². The second-order valence-corrected chi connectivity index (χ2v) is 7.53. The van der Waals surface area contributed by atoms with Gasteiger partial charge in [0.1, 0.15) is 0 Å². The maximum absolute atomic E-state index is 12.8. The largest absolute Gasteiger partial charge is 0.379 e. The molecular formula is C23H24N2O2. The molecule has 1 fully saturated rings. The molecule has 0 saturated carbocycles. The van der Waals surface area contributed by atoms with Crippen LogP contribution in [-0.2, 0) is 11.2 Å². The van der Waals surface area contributed by atoms with Gasteiger partial charge in [-0.3, -0.25) is 9.59 Å². The lowest BCUT2D eigenvalue weighted by molar-refractivity contribution is -0.130. The predicted octanol–water partition coefficient (Wildman–Crippen LogP) is 3.44. The van der Waals surface area contributed by atoms with Crippen LogP contribution < -0.4 is 5.32 Å². The molecule has 0 unspecified atom stereocenters. The number of hydrogen-bond acceptors (Lipinski definition) is 3. The van der Waals surface area contributed by atoms with Crippen LogP contribution >= 0.6 is 0 Å². The highest BCUT2D eigenvalue weighted by atomic mass is 16.2. The molecule has 1 amide bonds. The highest BCUT2D eigenvalue weighted by Crippen LogP contribution is 2.36. The van der Waals surface area contributed by atoms with Crippen molar-refractivity contribution in [1.82, 2.24) is 10.2 Å². The summed E-state index contributed by atoms with van der Waals surface area (Å²) in [6.07, 6.45) is 4.42. The normalized spacial score (nSPS) is 19.4. The average Bonchev–Trinajstić information content (AvgIpc) is 2.69. The lowest BCUT2D eigenvalue weighted by atomic mass is 9.77. The van der Waals surface area contributed by atoms with E-state index in [1.165, 1.54) is 5.56 Å². The zero-order valence-corrected chi connectivity index (χ0v) is 15.6. The van der Waals surface area contributed by atoms with Gasteiger partial charge in [-0.1, -0.05) is 54.6 Å². The van der Waals surface area contributed by atoms with Crippen LogP contribution in [0.2, 0.25) is 0 Å². The highest BCUT2D eigenvalue weighted by Gasteiger charge is 2.39. The Morgan fingerprint density at radius 1 is 1.00 bits per heavy atom. The van der Waals surface area contributed by atoms with E-state index < -0.39 is 0 Å². The number of carbonyl (C=O) groups excluding carboxylic acids is 2. The Hall–Kier alpha value is -2.88. The molecule has 1 spiro atoms. The van der Waals surface area contributed by atoms with Crippen molar-refractivity contribution in [1.29, 1.82) is 0 Å². The Kier molecular flexibility index (Phi) is 4.56. The monoisotopic (exact) mass is 360 g/mol. The molecule has 0 aliphatic carbocycles. The number of allylic oxidation sites excluding steroid dienone is 1. The van der Waals surface area contributed by atoms with Crippen molar-refractivity contribution in [2.45, 2.75) is 31.7 Å². The van der Waals surface area contributed by atoms with Crippen LogP contribution in [0.25, 0.3) is 5.70 Å². The van der Waals surface area contributed by atoms with Gasteiger partial charge in [0.15, 0.2) is 5.78 Å². The fourth-order valence-electron chi connectivity index (χ4n) is 4.18. The lowest BCUT2D eigenvalue weighted by Gasteiger charge is -2.46. The third-order valence-electron chi connectivity index (χ3n) is 5.74. The van der Waals surface area contributed by atoms with Crippen LogP contribution in [0, 0.1) is 0 Å². The van der Waals surface area contributed by atoms with Gasteiger partial charge >= 0.3 is 0 Å². The van der Waals surface area contributed by atoms with Crippen LogP contribution in [-0.4, -0.2) is 35.2 Å². The summed E-state index contributed by atoms with van der Waals surface area (Å²) in [6.45, 7) is 3.14. The molecule has 2 heterocycles. The summed E-state index contributed by atoms with van der Waals surface area (Å²) in [7, 11) is 0. The second-order valence-electron chi connectivity index (χ2n) is 7.53. The molecule has 0 radical (unpaired) electrons. The van der Waals surface area contributed by atoms with Gasteiger partial charge in [-0.15, -0.1) is 0 Å². The first kappa shape index (κ1) is 17.5. The Bertz CT molecular complexity index is 894. The Morgan fingerprint density at radius 2 is 1.67 bits per heavy atom. The molecule has 4 rings (SSSR count). The van der Waals surface area contributed by atoms with Crippen LogP contribution in [0.15, 0.2) is 60.7 Å². The fraction of sp³-hybridized carbons (Fsp3) is 0.304. The first-order chi connectivity index (χ1) is 13.1. The van der Waals surface area contributed by atoms with E-state index in [0.29, 0.717) is 5.56 Å². The summed E-state index contributed by atoms with van der Waals surface area (Å²) in [4.78, 5) is 26.4.